The van der Waals surface area contributed by atoms with E-state index in [9.17, 15) is 18.8 Å². The monoisotopic (exact) mass is 525 g/mol. The van der Waals surface area contributed by atoms with E-state index in [0.29, 0.717) is 16.5 Å². The second-order valence-electron chi connectivity index (χ2n) is 10.5. The van der Waals surface area contributed by atoms with Gasteiger partial charge in [0.25, 0.3) is 11.1 Å². The van der Waals surface area contributed by atoms with E-state index >= 15 is 8.78 Å². The molecule has 1 N–H and O–H groups in total. The van der Waals surface area contributed by atoms with Crippen molar-refractivity contribution in [1.82, 2.24) is 18.6 Å². The van der Waals surface area contributed by atoms with Crippen LogP contribution in [0.1, 0.15) is 29.4 Å². The molecule has 1 saturated carbocycles. The van der Waals surface area contributed by atoms with Gasteiger partial charge in [-0.05, 0) is 32.0 Å². The van der Waals surface area contributed by atoms with Crippen molar-refractivity contribution in [1.29, 1.82) is 0 Å². The Labute approximate surface area is 214 Å². The number of nitrogens with one attached hydrogen (secondary N) is 1. The highest BCUT2D eigenvalue weighted by Crippen LogP contribution is 2.62. The fourth-order valence-corrected chi connectivity index (χ4v) is 5.57. The zero-order valence-corrected chi connectivity index (χ0v) is 21.3. The molecule has 1 amide bonds. The maximum absolute atomic E-state index is 15.0. The van der Waals surface area contributed by atoms with E-state index in [2.05, 4.69) is 4.98 Å². The van der Waals surface area contributed by atoms with Crippen molar-refractivity contribution in [2.45, 2.75) is 31.7 Å². The fraction of sp³-hybridized carbons (Fsp3) is 0.296. The molecule has 2 bridgehead atoms. The molecule has 1 aliphatic heterocycles. The van der Waals surface area contributed by atoms with Gasteiger partial charge < -0.3 is 18.9 Å². The van der Waals surface area contributed by atoms with Crippen LogP contribution in [0.5, 0.6) is 11.5 Å². The Bertz CT molecular complexity index is 1850. The van der Waals surface area contributed by atoms with Crippen molar-refractivity contribution in [2.75, 3.05) is 7.05 Å². The molecule has 0 radical (unpaired) electrons. The third-order valence-corrected chi connectivity index (χ3v) is 8.24. The van der Waals surface area contributed by atoms with E-state index in [-0.39, 0.29) is 34.0 Å². The van der Waals surface area contributed by atoms with Gasteiger partial charge in [0.05, 0.1) is 13.5 Å². The van der Waals surface area contributed by atoms with Crippen LogP contribution in [-0.4, -0.2) is 38.5 Å². The highest BCUT2D eigenvalue weighted by atomic mass is 19.3. The number of nitrogens with zero attached hydrogens (tertiary/aromatic N) is 3. The number of hydrogen-bond donors (Lipinski definition) is 1. The summed E-state index contributed by atoms with van der Waals surface area (Å²) in [4.78, 5) is 43.6. The third-order valence-electron chi connectivity index (χ3n) is 8.24. The normalized spacial score (nSPS) is 23.5. The molecule has 1 aliphatic carbocycles. The van der Waals surface area contributed by atoms with Crippen LogP contribution >= 0.6 is 0 Å². The molecule has 0 saturated heterocycles. The first kappa shape index (κ1) is 24.2. The fourth-order valence-electron chi connectivity index (χ4n) is 5.57. The molecular weight excluding hydrogens is 501 g/mol. The number of alkyl halides is 2. The third kappa shape index (κ3) is 2.87. The number of hydrogen-bond acceptors (Lipinski definition) is 4. The molecular formula is C27H24F3N4O4+. The van der Waals surface area contributed by atoms with Crippen LogP contribution in [0.15, 0.2) is 46.2 Å². The van der Waals surface area contributed by atoms with Crippen molar-refractivity contribution in [3.63, 3.8) is 0 Å². The number of fused-ring (bicyclic) bond motifs is 4. The molecule has 3 aromatic heterocycles. The summed E-state index contributed by atoms with van der Waals surface area (Å²) in [7, 11) is 4.34. The highest BCUT2D eigenvalue weighted by molar-refractivity contribution is 6.08. The number of benzene rings is 1. The van der Waals surface area contributed by atoms with E-state index in [1.807, 2.05) is 0 Å². The Balaban J connectivity index is 1.83. The lowest BCUT2D eigenvalue weighted by atomic mass is 10.0. The van der Waals surface area contributed by atoms with Gasteiger partial charge in [-0.25, -0.2) is 13.7 Å². The summed E-state index contributed by atoms with van der Waals surface area (Å²) in [5, 5.41) is 0.322. The first-order chi connectivity index (χ1) is 17.7. The maximum Gasteiger partial charge on any atom is 0.367 e. The smallest absolute Gasteiger partial charge is 0.367 e. The number of amides is 1. The van der Waals surface area contributed by atoms with Crippen LogP contribution in [0.4, 0.5) is 18.9 Å². The number of aromatic amines is 1. The SMILES string of the molecule is Cc1cc(F)cc2c1Oc1c(ccn(C)c1=O)-c1cn(C)c(=O)c3[nH]c(cc13)C(=O)[N+]2(C)C1(C)CC1(F)F. The summed E-state index contributed by atoms with van der Waals surface area (Å²) in [6.45, 7) is 2.78. The lowest BCUT2D eigenvalue weighted by Crippen LogP contribution is -2.61. The van der Waals surface area contributed by atoms with Gasteiger partial charge in [-0.3, -0.25) is 9.59 Å². The molecule has 1 aromatic carbocycles. The van der Waals surface area contributed by atoms with Crippen LogP contribution < -0.4 is 20.3 Å². The average molecular weight is 526 g/mol. The number of rotatable bonds is 1. The molecule has 0 spiro atoms. The Kier molecular flexibility index (Phi) is 4.62. The Hall–Kier alpha value is -4.12. The second-order valence-corrected chi connectivity index (χ2v) is 10.5. The lowest BCUT2D eigenvalue weighted by molar-refractivity contribution is 0.0344. The molecule has 4 aromatic rings. The number of aromatic nitrogens is 3. The summed E-state index contributed by atoms with van der Waals surface area (Å²) in [5.41, 5.74) is -2.18. The van der Waals surface area contributed by atoms with Crippen molar-refractivity contribution in [2.24, 2.45) is 14.1 Å². The van der Waals surface area contributed by atoms with Crippen molar-refractivity contribution in [3.8, 4) is 22.6 Å². The molecule has 38 heavy (non-hydrogen) atoms. The number of H-pyrrole nitrogens is 1. The Morgan fingerprint density at radius 2 is 1.71 bits per heavy atom. The number of carbonyl (C=O) groups is 1. The van der Waals surface area contributed by atoms with Crippen LogP contribution in [0.2, 0.25) is 0 Å². The van der Waals surface area contributed by atoms with Gasteiger partial charge in [0.1, 0.15) is 17.0 Å². The largest absolute Gasteiger partial charge is 0.444 e. The summed E-state index contributed by atoms with van der Waals surface area (Å²) in [6.07, 6.45) is 2.42. The zero-order valence-electron chi connectivity index (χ0n) is 21.3. The molecule has 2 atom stereocenters. The van der Waals surface area contributed by atoms with Crippen molar-refractivity contribution in [3.05, 3.63) is 74.4 Å². The molecule has 196 valence electrons. The number of carbonyl (C=O) groups excluding carboxylic acids is 1. The summed E-state index contributed by atoms with van der Waals surface area (Å²) in [5.74, 6) is -5.03. The van der Waals surface area contributed by atoms with E-state index in [0.717, 1.165) is 12.1 Å². The van der Waals surface area contributed by atoms with Crippen LogP contribution in [0, 0.1) is 12.7 Å². The molecule has 2 aliphatic rings. The van der Waals surface area contributed by atoms with Gasteiger partial charge in [-0.1, -0.05) is 0 Å². The predicted octanol–water partition coefficient (Wildman–Crippen LogP) is 4.36. The summed E-state index contributed by atoms with van der Waals surface area (Å²) in [6, 6.07) is 5.21. The minimum absolute atomic E-state index is 0.0652. The molecule has 1 fully saturated rings. The molecule has 8 nitrogen and oxygen atoms in total. The summed E-state index contributed by atoms with van der Waals surface area (Å²) < 4.78 is 52.7. The number of ether oxygens (including phenoxy) is 1. The standard InChI is InChI=1S/C27H23F3N4O4/c1-13-8-14(28)9-19-21(13)38-22-15(6-7-32(3)24(22)36)17-11-33(4)23(35)20-16(17)10-18(31-20)25(37)34(19,5)26(2)12-27(26,29)30/h6-11H,12H2,1-5H3/p+1. The minimum atomic E-state index is -3.25. The van der Waals surface area contributed by atoms with Gasteiger partial charge >= 0.3 is 11.8 Å². The summed E-state index contributed by atoms with van der Waals surface area (Å²) >= 11 is 0. The highest BCUT2D eigenvalue weighted by Gasteiger charge is 2.81. The van der Waals surface area contributed by atoms with Crippen LogP contribution in [0.3, 0.4) is 0 Å². The predicted molar refractivity (Wildman–Crippen MR) is 135 cm³/mol. The van der Waals surface area contributed by atoms with Crippen molar-refractivity contribution >= 4 is 22.5 Å². The topological polar surface area (TPSA) is 86.1 Å². The maximum atomic E-state index is 15.0. The first-order valence-corrected chi connectivity index (χ1v) is 11.9. The van der Waals surface area contributed by atoms with E-state index < -0.39 is 45.2 Å². The number of pyridine rings is 2. The molecule has 11 heteroatoms. The number of aryl methyl sites for hydroxylation is 3. The number of quaternary nitrogens is 1. The zero-order chi connectivity index (χ0) is 27.5. The quantitative estimate of drug-likeness (QED) is 0.374. The number of halogens is 3. The Morgan fingerprint density at radius 1 is 1.03 bits per heavy atom. The van der Waals surface area contributed by atoms with E-state index in [4.69, 9.17) is 4.74 Å². The van der Waals surface area contributed by atoms with E-state index in [1.165, 1.54) is 62.6 Å². The molecule has 2 unspecified atom stereocenters. The van der Waals surface area contributed by atoms with Crippen molar-refractivity contribution < 1.29 is 22.7 Å². The van der Waals surface area contributed by atoms with E-state index in [1.54, 1.807) is 6.07 Å². The molecule has 6 rings (SSSR count). The van der Waals surface area contributed by atoms with Gasteiger partial charge in [0.2, 0.25) is 5.75 Å². The first-order valence-electron chi connectivity index (χ1n) is 11.9. The van der Waals surface area contributed by atoms with Gasteiger partial charge in [0, 0.05) is 54.6 Å². The van der Waals surface area contributed by atoms with Crippen LogP contribution in [0.25, 0.3) is 22.0 Å². The average Bonchev–Trinajstić information content (AvgIpc) is 3.16. The van der Waals surface area contributed by atoms with Crippen LogP contribution in [-0.2, 0) is 14.1 Å². The van der Waals surface area contributed by atoms with Gasteiger partial charge in [-0.2, -0.15) is 8.78 Å². The van der Waals surface area contributed by atoms with Gasteiger partial charge in [0.15, 0.2) is 17.0 Å². The minimum Gasteiger partial charge on any atom is -0.444 e. The second kappa shape index (κ2) is 7.25. The van der Waals surface area contributed by atoms with Gasteiger partial charge in [-0.15, -0.1) is 0 Å². The Morgan fingerprint density at radius 3 is 2.37 bits per heavy atom. The molecule has 4 heterocycles. The lowest BCUT2D eigenvalue weighted by Gasteiger charge is -2.38.